The van der Waals surface area contributed by atoms with E-state index in [0.717, 1.165) is 16.9 Å². The van der Waals surface area contributed by atoms with Gasteiger partial charge in [-0.3, -0.25) is 28.0 Å². The van der Waals surface area contributed by atoms with Crippen molar-refractivity contribution in [1.29, 1.82) is 0 Å². The molecule has 0 unspecified atom stereocenters. The summed E-state index contributed by atoms with van der Waals surface area (Å²) in [7, 11) is -3.63. The Hall–Kier alpha value is -4.63. The number of sulfonamides is 1. The van der Waals surface area contributed by atoms with Crippen LogP contribution in [0.2, 0.25) is 0 Å². The lowest BCUT2D eigenvalue weighted by atomic mass is 10.1. The molecule has 0 radical (unpaired) electrons. The van der Waals surface area contributed by atoms with Crippen LogP contribution in [0, 0.1) is 25.1 Å². The topological polar surface area (TPSA) is 124 Å². The summed E-state index contributed by atoms with van der Waals surface area (Å²) in [4.78, 5) is 41.4. The second kappa shape index (κ2) is 9.84. The Balaban J connectivity index is 1.91. The summed E-state index contributed by atoms with van der Waals surface area (Å²) in [6, 6.07) is 9.84. The molecule has 0 amide bonds. The first kappa shape index (κ1) is 27.0. The fourth-order valence-corrected chi connectivity index (χ4v) is 5.37. The number of aromatic nitrogens is 3. The van der Waals surface area contributed by atoms with Gasteiger partial charge in [0.25, 0.3) is 11.1 Å². The highest BCUT2D eigenvalue weighted by Gasteiger charge is 2.32. The molecule has 2 aromatic heterocycles. The molecule has 1 aliphatic rings. The van der Waals surface area contributed by atoms with Crippen LogP contribution in [0.15, 0.2) is 56.8 Å². The molecule has 10 nitrogen and oxygen atoms in total. The number of fused-ring (bicyclic) bond motifs is 1. The summed E-state index contributed by atoms with van der Waals surface area (Å²) < 4.78 is 44.8. The van der Waals surface area contributed by atoms with Crippen molar-refractivity contribution in [3.8, 4) is 18.0 Å². The fraction of sp³-hybridized carbons (Fsp3) is 0.250. The van der Waals surface area contributed by atoms with E-state index in [-0.39, 0.29) is 51.9 Å². The molecule has 5 rings (SSSR count). The molecule has 2 N–H and O–H groups in total. The van der Waals surface area contributed by atoms with E-state index in [1.807, 2.05) is 0 Å². The highest BCUT2D eigenvalue weighted by Crippen LogP contribution is 2.34. The van der Waals surface area contributed by atoms with Crippen LogP contribution in [-0.2, 0) is 16.6 Å². The van der Waals surface area contributed by atoms with E-state index in [1.54, 1.807) is 19.1 Å². The van der Waals surface area contributed by atoms with Gasteiger partial charge in [-0.1, -0.05) is 12.0 Å². The van der Waals surface area contributed by atoms with Crippen LogP contribution in [0.25, 0.3) is 16.6 Å². The van der Waals surface area contributed by atoms with Crippen molar-refractivity contribution in [2.45, 2.75) is 39.3 Å². The standard InChI is InChI=1S/C28H26FN5O5S/c1-5-17-10-13-22(21(29)14-17)30-25-23-24(16(3)26(35)32(25)6-2)33(28(37)34(27(23)36)19-11-12-19)20-9-7-8-18(15-20)31-40(4,38)39/h1,7-10,13-15,19,30-31H,6,11-12H2,2-4H3. The Morgan fingerprint density at radius 2 is 1.82 bits per heavy atom. The molecule has 40 heavy (non-hydrogen) atoms. The number of hydrogen-bond acceptors (Lipinski definition) is 6. The summed E-state index contributed by atoms with van der Waals surface area (Å²) in [6.45, 7) is 3.38. The third kappa shape index (κ3) is 4.69. The number of pyridine rings is 1. The highest BCUT2D eigenvalue weighted by atomic mass is 32.2. The second-order valence-corrected chi connectivity index (χ2v) is 11.4. The van der Waals surface area contributed by atoms with E-state index in [1.165, 1.54) is 40.3 Å². The average molecular weight is 564 g/mol. The van der Waals surface area contributed by atoms with Crippen molar-refractivity contribution in [3.63, 3.8) is 0 Å². The van der Waals surface area contributed by atoms with E-state index in [4.69, 9.17) is 6.42 Å². The number of hydrogen-bond donors (Lipinski definition) is 2. The van der Waals surface area contributed by atoms with Crippen molar-refractivity contribution in [1.82, 2.24) is 13.7 Å². The van der Waals surface area contributed by atoms with Gasteiger partial charge in [-0.25, -0.2) is 17.6 Å². The van der Waals surface area contributed by atoms with E-state index in [2.05, 4.69) is 16.0 Å². The molecule has 0 atom stereocenters. The number of terminal acetylenes is 1. The first-order valence-corrected chi connectivity index (χ1v) is 14.4. The molecule has 206 valence electrons. The van der Waals surface area contributed by atoms with Crippen molar-refractivity contribution in [2.75, 3.05) is 16.3 Å². The van der Waals surface area contributed by atoms with Crippen LogP contribution in [0.4, 0.5) is 21.6 Å². The molecule has 1 saturated carbocycles. The van der Waals surface area contributed by atoms with Gasteiger partial charge < -0.3 is 5.32 Å². The Morgan fingerprint density at radius 1 is 1.10 bits per heavy atom. The van der Waals surface area contributed by atoms with Gasteiger partial charge in [0.15, 0.2) is 0 Å². The van der Waals surface area contributed by atoms with E-state index < -0.39 is 32.6 Å². The number of anilines is 3. The van der Waals surface area contributed by atoms with Gasteiger partial charge >= 0.3 is 5.69 Å². The van der Waals surface area contributed by atoms with Gasteiger partial charge in [0, 0.05) is 23.7 Å². The summed E-state index contributed by atoms with van der Waals surface area (Å²) in [5.41, 5.74) is -0.854. The fourth-order valence-electron chi connectivity index (χ4n) is 4.82. The number of benzene rings is 2. The highest BCUT2D eigenvalue weighted by molar-refractivity contribution is 7.92. The van der Waals surface area contributed by atoms with Gasteiger partial charge in [0.1, 0.15) is 17.0 Å². The lowest BCUT2D eigenvalue weighted by molar-refractivity contribution is 0.607. The van der Waals surface area contributed by atoms with Crippen molar-refractivity contribution < 1.29 is 12.8 Å². The maximum Gasteiger partial charge on any atom is 0.336 e. The Labute approximate surface area is 228 Å². The lowest BCUT2D eigenvalue weighted by Gasteiger charge is -2.22. The van der Waals surface area contributed by atoms with Gasteiger partial charge in [-0.2, -0.15) is 0 Å². The first-order valence-electron chi connectivity index (χ1n) is 12.5. The maximum atomic E-state index is 15.0. The maximum absolute atomic E-state index is 15.0. The second-order valence-electron chi connectivity index (χ2n) is 9.66. The Morgan fingerprint density at radius 3 is 2.42 bits per heavy atom. The zero-order chi connectivity index (χ0) is 28.9. The first-order chi connectivity index (χ1) is 18.9. The van der Waals surface area contributed by atoms with Crippen LogP contribution in [0.1, 0.15) is 36.9 Å². The molecule has 0 spiro atoms. The zero-order valence-corrected chi connectivity index (χ0v) is 22.8. The molecule has 0 bridgehead atoms. The van der Waals surface area contributed by atoms with Gasteiger partial charge in [0.05, 0.1) is 28.8 Å². The van der Waals surface area contributed by atoms with Crippen LogP contribution in [0.5, 0.6) is 0 Å². The van der Waals surface area contributed by atoms with Crippen LogP contribution in [0.3, 0.4) is 0 Å². The quantitative estimate of drug-likeness (QED) is 0.333. The van der Waals surface area contributed by atoms with Crippen molar-refractivity contribution in [3.05, 3.63) is 90.6 Å². The Bertz CT molecular complexity index is 2030. The average Bonchev–Trinajstić information content (AvgIpc) is 3.72. The molecular weight excluding hydrogens is 537 g/mol. The van der Waals surface area contributed by atoms with Crippen LogP contribution >= 0.6 is 0 Å². The predicted octanol–water partition coefficient (Wildman–Crippen LogP) is 3.21. The van der Waals surface area contributed by atoms with Gasteiger partial charge in [-0.15, -0.1) is 6.42 Å². The third-order valence-corrected chi connectivity index (χ3v) is 7.35. The van der Waals surface area contributed by atoms with E-state index in [0.29, 0.717) is 18.4 Å². The molecule has 1 fully saturated rings. The molecule has 2 aromatic carbocycles. The summed E-state index contributed by atoms with van der Waals surface area (Å²) >= 11 is 0. The molecule has 1 aliphatic carbocycles. The van der Waals surface area contributed by atoms with E-state index in [9.17, 15) is 22.8 Å². The summed E-state index contributed by atoms with van der Waals surface area (Å²) in [6.07, 6.45) is 7.62. The minimum Gasteiger partial charge on any atom is -0.338 e. The van der Waals surface area contributed by atoms with Crippen molar-refractivity contribution >= 4 is 38.1 Å². The number of nitrogens with one attached hydrogen (secondary N) is 2. The number of nitrogens with zero attached hydrogens (tertiary/aromatic N) is 3. The van der Waals surface area contributed by atoms with Crippen molar-refractivity contribution in [2.24, 2.45) is 0 Å². The SMILES string of the molecule is C#Cc1ccc(Nc2c3c(=O)n(C4CC4)c(=O)n(-c4cccc(NS(C)(=O)=O)c4)c3c(C)c(=O)n2CC)c(F)c1. The van der Waals surface area contributed by atoms with Gasteiger partial charge in [-0.05, 0) is 63.1 Å². The molecule has 12 heteroatoms. The third-order valence-electron chi connectivity index (χ3n) is 6.74. The molecule has 0 aliphatic heterocycles. The summed E-state index contributed by atoms with van der Waals surface area (Å²) in [5, 5.41) is 2.94. The minimum atomic E-state index is -3.63. The number of halogens is 1. The number of rotatable bonds is 7. The smallest absolute Gasteiger partial charge is 0.336 e. The van der Waals surface area contributed by atoms with Gasteiger partial charge in [0.2, 0.25) is 10.0 Å². The summed E-state index contributed by atoms with van der Waals surface area (Å²) in [5.74, 6) is 1.70. The predicted molar refractivity (Wildman–Crippen MR) is 153 cm³/mol. The van der Waals surface area contributed by atoms with E-state index >= 15 is 4.39 Å². The van der Waals surface area contributed by atoms with Crippen LogP contribution in [-0.4, -0.2) is 28.4 Å². The normalized spacial score (nSPS) is 13.3. The molecule has 4 aromatic rings. The monoisotopic (exact) mass is 563 g/mol. The Kier molecular flexibility index (Phi) is 6.63. The molecule has 0 saturated heterocycles. The number of aryl methyl sites for hydroxylation is 1. The lowest BCUT2D eigenvalue weighted by Crippen LogP contribution is -2.41. The zero-order valence-electron chi connectivity index (χ0n) is 22.0. The largest absolute Gasteiger partial charge is 0.338 e. The molecule has 2 heterocycles. The van der Waals surface area contributed by atoms with Crippen LogP contribution < -0.4 is 26.8 Å². The molecular formula is C28H26FN5O5S. The minimum absolute atomic E-state index is 0.0137.